The molecule has 0 aliphatic rings. The zero-order valence-corrected chi connectivity index (χ0v) is 19.8. The smallest absolute Gasteiger partial charge is 0.330 e. The number of ether oxygens (including phenoxy) is 1. The molecule has 0 unspecified atom stereocenters. The molecule has 0 aliphatic carbocycles. The number of H-pyrrole nitrogens is 1. The third kappa shape index (κ3) is 5.39. The lowest BCUT2D eigenvalue weighted by Gasteiger charge is -2.24. The van der Waals surface area contributed by atoms with Gasteiger partial charge in [-0.05, 0) is 12.0 Å². The lowest BCUT2D eigenvalue weighted by Crippen LogP contribution is -2.42. The van der Waals surface area contributed by atoms with Gasteiger partial charge in [0, 0.05) is 38.2 Å². The molecule has 0 saturated carbocycles. The molecule has 1 amide bonds. The number of amides is 1. The standard InChI is InChI=1S/C26H26N6O4/c1-36-14-8-13-31(25(34)20-15-28-23(29-16-20)19-11-6-3-7-12-19)21-22(27)32(26(35)30-24(21)33)17-18-9-4-2-5-10-18/h2-7,9-12,15-16H,8,13-14,17,27H2,1H3,(H,30,33,35). The van der Waals surface area contributed by atoms with Crippen molar-refractivity contribution >= 4 is 17.4 Å². The number of benzene rings is 2. The van der Waals surface area contributed by atoms with Gasteiger partial charge in [0.15, 0.2) is 11.5 Å². The van der Waals surface area contributed by atoms with Crippen molar-refractivity contribution in [3.8, 4) is 11.4 Å². The summed E-state index contributed by atoms with van der Waals surface area (Å²) in [6, 6.07) is 18.6. The Morgan fingerprint density at radius 2 is 1.67 bits per heavy atom. The van der Waals surface area contributed by atoms with E-state index >= 15 is 0 Å². The van der Waals surface area contributed by atoms with Crippen molar-refractivity contribution in [1.82, 2.24) is 19.5 Å². The van der Waals surface area contributed by atoms with Gasteiger partial charge in [-0.3, -0.25) is 19.1 Å². The number of rotatable bonds is 9. The Morgan fingerprint density at radius 1 is 1.03 bits per heavy atom. The number of methoxy groups -OCH3 is 1. The molecule has 2 aromatic heterocycles. The first-order valence-corrected chi connectivity index (χ1v) is 11.3. The Bertz CT molecular complexity index is 1430. The number of nitrogen functional groups attached to an aromatic ring is 1. The third-order valence-electron chi connectivity index (χ3n) is 5.57. The lowest BCUT2D eigenvalue weighted by atomic mass is 10.2. The summed E-state index contributed by atoms with van der Waals surface area (Å²) >= 11 is 0. The van der Waals surface area contributed by atoms with Crippen molar-refractivity contribution in [1.29, 1.82) is 0 Å². The summed E-state index contributed by atoms with van der Waals surface area (Å²) in [6.07, 6.45) is 3.25. The number of hydrogen-bond acceptors (Lipinski definition) is 7. The van der Waals surface area contributed by atoms with Gasteiger partial charge in [-0.25, -0.2) is 14.8 Å². The van der Waals surface area contributed by atoms with Crippen LogP contribution in [0.1, 0.15) is 22.3 Å². The number of carbonyl (C=O) groups is 1. The van der Waals surface area contributed by atoms with Crippen LogP contribution in [0.15, 0.2) is 82.6 Å². The average Bonchev–Trinajstić information content (AvgIpc) is 2.91. The van der Waals surface area contributed by atoms with Crippen LogP contribution >= 0.6 is 0 Å². The highest BCUT2D eigenvalue weighted by atomic mass is 16.5. The Hall–Kier alpha value is -4.57. The number of aromatic amines is 1. The molecule has 4 aromatic rings. The van der Waals surface area contributed by atoms with Crippen molar-refractivity contribution in [2.45, 2.75) is 13.0 Å². The monoisotopic (exact) mass is 486 g/mol. The molecular formula is C26H26N6O4. The third-order valence-corrected chi connectivity index (χ3v) is 5.57. The van der Waals surface area contributed by atoms with Crippen LogP contribution in [-0.4, -0.2) is 45.7 Å². The van der Waals surface area contributed by atoms with Crippen LogP contribution in [-0.2, 0) is 11.3 Å². The Balaban J connectivity index is 1.72. The average molecular weight is 487 g/mol. The normalized spacial score (nSPS) is 10.8. The number of hydrogen-bond donors (Lipinski definition) is 2. The van der Waals surface area contributed by atoms with E-state index in [4.69, 9.17) is 10.5 Å². The van der Waals surface area contributed by atoms with Crippen LogP contribution in [0.2, 0.25) is 0 Å². The highest BCUT2D eigenvalue weighted by Crippen LogP contribution is 2.21. The van der Waals surface area contributed by atoms with Crippen molar-refractivity contribution < 1.29 is 9.53 Å². The van der Waals surface area contributed by atoms with Crippen molar-refractivity contribution in [2.24, 2.45) is 0 Å². The molecule has 0 radical (unpaired) electrons. The molecule has 0 aliphatic heterocycles. The van der Waals surface area contributed by atoms with Gasteiger partial charge >= 0.3 is 5.69 Å². The Morgan fingerprint density at radius 3 is 2.31 bits per heavy atom. The van der Waals surface area contributed by atoms with Crippen molar-refractivity contribution in [3.05, 3.63) is 105 Å². The molecule has 2 heterocycles. The first kappa shape index (κ1) is 24.6. The fraction of sp³-hybridized carbons (Fsp3) is 0.192. The largest absolute Gasteiger partial charge is 0.385 e. The second-order valence-corrected chi connectivity index (χ2v) is 8.03. The zero-order valence-electron chi connectivity index (χ0n) is 19.8. The summed E-state index contributed by atoms with van der Waals surface area (Å²) in [7, 11) is 1.55. The van der Waals surface area contributed by atoms with Crippen LogP contribution in [0.5, 0.6) is 0 Å². The van der Waals surface area contributed by atoms with Gasteiger partial charge in [-0.15, -0.1) is 0 Å². The molecule has 184 valence electrons. The molecule has 4 rings (SSSR count). The van der Waals surface area contributed by atoms with E-state index in [1.807, 2.05) is 60.7 Å². The maximum Gasteiger partial charge on any atom is 0.330 e. The maximum atomic E-state index is 13.6. The zero-order chi connectivity index (χ0) is 25.5. The molecule has 36 heavy (non-hydrogen) atoms. The Labute approximate surface area is 207 Å². The maximum absolute atomic E-state index is 13.6. The van der Waals surface area contributed by atoms with Gasteiger partial charge in [-0.2, -0.15) is 0 Å². The highest BCUT2D eigenvalue weighted by Gasteiger charge is 2.26. The van der Waals surface area contributed by atoms with E-state index in [2.05, 4.69) is 15.0 Å². The Kier molecular flexibility index (Phi) is 7.66. The predicted molar refractivity (Wildman–Crippen MR) is 137 cm³/mol. The fourth-order valence-electron chi connectivity index (χ4n) is 3.77. The summed E-state index contributed by atoms with van der Waals surface area (Å²) in [6.45, 7) is 0.614. The number of carbonyl (C=O) groups excluding carboxylic acids is 1. The van der Waals surface area contributed by atoms with Gasteiger partial charge in [-0.1, -0.05) is 60.7 Å². The van der Waals surface area contributed by atoms with E-state index in [0.717, 1.165) is 11.1 Å². The molecule has 0 fully saturated rings. The molecule has 3 N–H and O–H groups in total. The van der Waals surface area contributed by atoms with E-state index in [-0.39, 0.29) is 30.2 Å². The quantitative estimate of drug-likeness (QED) is 0.347. The summed E-state index contributed by atoms with van der Waals surface area (Å²) in [4.78, 5) is 51.2. The molecule has 2 aromatic carbocycles. The second kappa shape index (κ2) is 11.2. The van der Waals surface area contributed by atoms with E-state index in [0.29, 0.717) is 18.9 Å². The van der Waals surface area contributed by atoms with Crippen LogP contribution in [0.4, 0.5) is 11.5 Å². The molecular weight excluding hydrogens is 460 g/mol. The minimum atomic E-state index is -0.755. The van der Waals surface area contributed by atoms with Gasteiger partial charge < -0.3 is 15.4 Å². The minimum Gasteiger partial charge on any atom is -0.385 e. The van der Waals surface area contributed by atoms with Crippen molar-refractivity contribution in [3.63, 3.8) is 0 Å². The second-order valence-electron chi connectivity index (χ2n) is 8.03. The topological polar surface area (TPSA) is 136 Å². The summed E-state index contributed by atoms with van der Waals surface area (Å²) in [5.74, 6) is -0.167. The van der Waals surface area contributed by atoms with Gasteiger partial charge in [0.2, 0.25) is 0 Å². The molecule has 0 saturated heterocycles. The van der Waals surface area contributed by atoms with E-state index in [9.17, 15) is 14.4 Å². The summed E-state index contributed by atoms with van der Waals surface area (Å²) in [5, 5.41) is 0. The number of anilines is 2. The number of nitrogens with two attached hydrogens (primary N) is 1. The molecule has 0 bridgehead atoms. The lowest BCUT2D eigenvalue weighted by molar-refractivity contribution is 0.0982. The predicted octanol–water partition coefficient (Wildman–Crippen LogP) is 2.31. The first-order chi connectivity index (χ1) is 17.5. The van der Waals surface area contributed by atoms with Crippen LogP contribution < -0.4 is 21.9 Å². The van der Waals surface area contributed by atoms with Crippen molar-refractivity contribution in [2.75, 3.05) is 30.9 Å². The number of nitrogens with zero attached hydrogens (tertiary/aromatic N) is 4. The van der Waals surface area contributed by atoms with Gasteiger partial charge in [0.25, 0.3) is 11.5 Å². The first-order valence-electron chi connectivity index (χ1n) is 11.3. The molecule has 0 atom stereocenters. The van der Waals surface area contributed by atoms with Crippen LogP contribution in [0, 0.1) is 0 Å². The molecule has 0 spiro atoms. The van der Waals surface area contributed by atoms with Crippen LogP contribution in [0.3, 0.4) is 0 Å². The van der Waals surface area contributed by atoms with E-state index in [1.54, 1.807) is 7.11 Å². The minimum absolute atomic E-state index is 0.111. The van der Waals surface area contributed by atoms with E-state index in [1.165, 1.54) is 21.9 Å². The number of nitrogens with one attached hydrogen (secondary N) is 1. The van der Waals surface area contributed by atoms with E-state index < -0.39 is 17.2 Å². The highest BCUT2D eigenvalue weighted by molar-refractivity contribution is 6.07. The van der Waals surface area contributed by atoms with Gasteiger partial charge in [0.05, 0.1) is 12.1 Å². The molecule has 10 heteroatoms. The number of aromatic nitrogens is 4. The summed E-state index contributed by atoms with van der Waals surface area (Å²) < 4.78 is 6.36. The fourth-order valence-corrected chi connectivity index (χ4v) is 3.77. The van der Waals surface area contributed by atoms with Gasteiger partial charge in [0.1, 0.15) is 5.82 Å². The SMILES string of the molecule is COCCCN(C(=O)c1cnc(-c2ccccc2)nc1)c1c(N)n(Cc2ccccc2)c(=O)[nH]c1=O. The summed E-state index contributed by atoms with van der Waals surface area (Å²) in [5.41, 5.74) is 6.60. The molecule has 10 nitrogen and oxygen atoms in total. The van der Waals surface area contributed by atoms with Crippen LogP contribution in [0.25, 0.3) is 11.4 Å².